The molecule has 0 unspecified atom stereocenters. The van der Waals surface area contributed by atoms with Crippen molar-refractivity contribution in [2.75, 3.05) is 0 Å². The number of carbonyl (C=O) groups excluding carboxylic acids is 1. The summed E-state index contributed by atoms with van der Waals surface area (Å²) in [6.07, 6.45) is 0. The number of benzene rings is 2. The first-order valence-corrected chi connectivity index (χ1v) is 6.03. The van der Waals surface area contributed by atoms with Crippen LogP contribution in [0.25, 0.3) is 0 Å². The van der Waals surface area contributed by atoms with Gasteiger partial charge in [-0.3, -0.25) is 4.79 Å². The molecule has 1 amide bonds. The number of ether oxygens (including phenoxy) is 1. The number of carboxylic acids is 1. The molecule has 6 heteroatoms. The summed E-state index contributed by atoms with van der Waals surface area (Å²) in [5, 5.41) is 8.99. The summed E-state index contributed by atoms with van der Waals surface area (Å²) in [7, 11) is 0. The zero-order valence-electron chi connectivity index (χ0n) is 10.9. The molecule has 0 fully saturated rings. The molecule has 0 spiro atoms. The maximum atomic E-state index is 13.5. The van der Waals surface area contributed by atoms with E-state index in [9.17, 15) is 14.0 Å². The predicted molar refractivity (Wildman–Crippen MR) is 72.7 cm³/mol. The number of primary amides is 1. The molecular formula is C15H12FNO4. The number of rotatable bonds is 5. The smallest absolute Gasteiger partial charge is 0.342 e. The largest absolute Gasteiger partial charge is 0.488 e. The van der Waals surface area contributed by atoms with Crippen molar-refractivity contribution in [2.45, 2.75) is 6.61 Å². The lowest BCUT2D eigenvalue weighted by atomic mass is 10.1. The van der Waals surface area contributed by atoms with Gasteiger partial charge in [0, 0.05) is 11.1 Å². The summed E-state index contributed by atoms with van der Waals surface area (Å²) in [5.74, 6) is -3.04. The topological polar surface area (TPSA) is 89.6 Å². The summed E-state index contributed by atoms with van der Waals surface area (Å²) in [6, 6.07) is 10.2. The van der Waals surface area contributed by atoms with Crippen molar-refractivity contribution in [1.29, 1.82) is 0 Å². The van der Waals surface area contributed by atoms with Crippen LogP contribution in [0.5, 0.6) is 5.75 Å². The molecule has 2 aromatic carbocycles. The number of nitrogens with two attached hydrogens (primary N) is 1. The van der Waals surface area contributed by atoms with Crippen LogP contribution in [0.4, 0.5) is 4.39 Å². The molecule has 5 nitrogen and oxygen atoms in total. The highest BCUT2D eigenvalue weighted by Crippen LogP contribution is 2.23. The number of hydrogen-bond acceptors (Lipinski definition) is 3. The molecule has 0 bridgehead atoms. The lowest BCUT2D eigenvalue weighted by Crippen LogP contribution is -2.15. The van der Waals surface area contributed by atoms with Crippen LogP contribution in [-0.4, -0.2) is 17.0 Å². The molecule has 0 aliphatic carbocycles. The number of aromatic carboxylic acids is 1. The van der Waals surface area contributed by atoms with Crippen molar-refractivity contribution < 1.29 is 23.8 Å². The Hall–Kier alpha value is -2.89. The van der Waals surface area contributed by atoms with Crippen molar-refractivity contribution in [2.24, 2.45) is 5.73 Å². The molecule has 0 atom stereocenters. The van der Waals surface area contributed by atoms with Gasteiger partial charge in [0.2, 0.25) is 5.91 Å². The Kier molecular flexibility index (Phi) is 4.18. The van der Waals surface area contributed by atoms with Gasteiger partial charge in [-0.15, -0.1) is 0 Å². The van der Waals surface area contributed by atoms with Crippen LogP contribution < -0.4 is 10.5 Å². The SMILES string of the molecule is NC(=O)c1ccccc1COc1cccc(F)c1C(=O)O. The Morgan fingerprint density at radius 3 is 2.52 bits per heavy atom. The number of amides is 1. The summed E-state index contributed by atoms with van der Waals surface area (Å²) < 4.78 is 18.8. The third-order valence-corrected chi connectivity index (χ3v) is 2.86. The van der Waals surface area contributed by atoms with Crippen molar-refractivity contribution in [3.05, 3.63) is 65.0 Å². The van der Waals surface area contributed by atoms with E-state index in [0.717, 1.165) is 6.07 Å². The number of halogens is 1. The maximum absolute atomic E-state index is 13.5. The van der Waals surface area contributed by atoms with Crippen LogP contribution in [0, 0.1) is 5.82 Å². The van der Waals surface area contributed by atoms with Crippen molar-refractivity contribution in [3.63, 3.8) is 0 Å². The van der Waals surface area contributed by atoms with Gasteiger partial charge < -0.3 is 15.6 Å². The second kappa shape index (κ2) is 6.04. The highest BCUT2D eigenvalue weighted by Gasteiger charge is 2.17. The highest BCUT2D eigenvalue weighted by atomic mass is 19.1. The summed E-state index contributed by atoms with van der Waals surface area (Å²) in [4.78, 5) is 22.3. The van der Waals surface area contributed by atoms with E-state index < -0.39 is 23.3 Å². The molecule has 21 heavy (non-hydrogen) atoms. The van der Waals surface area contributed by atoms with Gasteiger partial charge >= 0.3 is 5.97 Å². The Bertz CT molecular complexity index is 700. The fourth-order valence-electron chi connectivity index (χ4n) is 1.87. The minimum Gasteiger partial charge on any atom is -0.488 e. The quantitative estimate of drug-likeness (QED) is 0.883. The van der Waals surface area contributed by atoms with E-state index in [2.05, 4.69) is 0 Å². The van der Waals surface area contributed by atoms with Gasteiger partial charge in [0.25, 0.3) is 0 Å². The third kappa shape index (κ3) is 3.17. The number of hydrogen-bond donors (Lipinski definition) is 2. The molecule has 0 aliphatic heterocycles. The molecule has 0 aromatic heterocycles. The van der Waals surface area contributed by atoms with Gasteiger partial charge in [0.05, 0.1) is 0 Å². The van der Waals surface area contributed by atoms with Crippen LogP contribution >= 0.6 is 0 Å². The monoisotopic (exact) mass is 289 g/mol. The second-order valence-electron chi connectivity index (χ2n) is 4.23. The second-order valence-corrected chi connectivity index (χ2v) is 4.23. The zero-order chi connectivity index (χ0) is 15.4. The molecule has 0 heterocycles. The molecular weight excluding hydrogens is 277 g/mol. The molecule has 3 N–H and O–H groups in total. The zero-order valence-corrected chi connectivity index (χ0v) is 10.9. The molecule has 0 radical (unpaired) electrons. The average Bonchev–Trinajstić information content (AvgIpc) is 2.44. The van der Waals surface area contributed by atoms with Crippen molar-refractivity contribution in [1.82, 2.24) is 0 Å². The van der Waals surface area contributed by atoms with Crippen LogP contribution in [0.3, 0.4) is 0 Å². The minimum atomic E-state index is -1.42. The van der Waals surface area contributed by atoms with E-state index in [1.807, 2.05) is 0 Å². The first kappa shape index (κ1) is 14.5. The predicted octanol–water partition coefficient (Wildman–Crippen LogP) is 2.20. The van der Waals surface area contributed by atoms with E-state index in [1.54, 1.807) is 18.2 Å². The fraction of sp³-hybridized carbons (Fsp3) is 0.0667. The van der Waals surface area contributed by atoms with E-state index in [1.165, 1.54) is 18.2 Å². The summed E-state index contributed by atoms with van der Waals surface area (Å²) >= 11 is 0. The van der Waals surface area contributed by atoms with Gasteiger partial charge in [-0.05, 0) is 18.2 Å². The number of carboxylic acid groups (broad SMARTS) is 1. The van der Waals surface area contributed by atoms with Crippen molar-refractivity contribution in [3.8, 4) is 5.75 Å². The summed E-state index contributed by atoms with van der Waals surface area (Å²) in [6.45, 7) is -0.0944. The van der Waals surface area contributed by atoms with Crippen LogP contribution in [0.15, 0.2) is 42.5 Å². The number of carbonyl (C=O) groups is 2. The lowest BCUT2D eigenvalue weighted by molar-refractivity contribution is 0.0686. The normalized spacial score (nSPS) is 10.1. The summed E-state index contributed by atoms with van der Waals surface area (Å²) in [5.41, 5.74) is 5.45. The van der Waals surface area contributed by atoms with E-state index in [-0.39, 0.29) is 17.9 Å². The van der Waals surface area contributed by atoms with Crippen molar-refractivity contribution >= 4 is 11.9 Å². The molecule has 0 saturated heterocycles. The van der Waals surface area contributed by atoms with Crippen LogP contribution in [0.1, 0.15) is 26.3 Å². The highest BCUT2D eigenvalue weighted by molar-refractivity contribution is 5.94. The van der Waals surface area contributed by atoms with Crippen LogP contribution in [-0.2, 0) is 6.61 Å². The Morgan fingerprint density at radius 2 is 1.86 bits per heavy atom. The Morgan fingerprint density at radius 1 is 1.14 bits per heavy atom. The Labute approximate surface area is 119 Å². The first-order chi connectivity index (χ1) is 10.0. The molecule has 0 saturated carbocycles. The fourth-order valence-corrected chi connectivity index (χ4v) is 1.87. The third-order valence-electron chi connectivity index (χ3n) is 2.86. The van der Waals surface area contributed by atoms with E-state index in [0.29, 0.717) is 5.56 Å². The average molecular weight is 289 g/mol. The van der Waals surface area contributed by atoms with Gasteiger partial charge in [-0.25, -0.2) is 9.18 Å². The first-order valence-electron chi connectivity index (χ1n) is 6.03. The van der Waals surface area contributed by atoms with Gasteiger partial charge in [-0.1, -0.05) is 24.3 Å². The molecule has 0 aliphatic rings. The molecule has 2 aromatic rings. The van der Waals surface area contributed by atoms with Gasteiger partial charge in [-0.2, -0.15) is 0 Å². The molecule has 108 valence electrons. The standard InChI is InChI=1S/C15H12FNO4/c16-11-6-3-7-12(13(11)15(19)20)21-8-9-4-1-2-5-10(9)14(17)18/h1-7H,8H2,(H2,17,18)(H,19,20). The van der Waals surface area contributed by atoms with Crippen LogP contribution in [0.2, 0.25) is 0 Å². The molecule has 2 rings (SSSR count). The lowest BCUT2D eigenvalue weighted by Gasteiger charge is -2.11. The minimum absolute atomic E-state index is 0.0944. The van der Waals surface area contributed by atoms with Gasteiger partial charge in [0.15, 0.2) is 0 Å². The Balaban J connectivity index is 2.28. The van der Waals surface area contributed by atoms with Gasteiger partial charge in [0.1, 0.15) is 23.7 Å². The maximum Gasteiger partial charge on any atom is 0.342 e. The van der Waals surface area contributed by atoms with E-state index in [4.69, 9.17) is 15.6 Å². The van der Waals surface area contributed by atoms with E-state index >= 15 is 0 Å².